The molecule has 0 aliphatic carbocycles. The van der Waals surface area contributed by atoms with Crippen molar-refractivity contribution in [3.05, 3.63) is 132 Å². The number of fused-ring (bicyclic) bond motifs is 1. The molecule has 1 aromatic heterocycles. The number of hydrogen-bond donors (Lipinski definition) is 4. The van der Waals surface area contributed by atoms with Gasteiger partial charge in [-0.25, -0.2) is 0 Å². The zero-order valence-electron chi connectivity index (χ0n) is 22.3. The number of aromatic nitrogens is 1. The second-order valence-corrected chi connectivity index (χ2v) is 10.7. The Morgan fingerprint density at radius 2 is 1.46 bits per heavy atom. The van der Waals surface area contributed by atoms with E-state index in [2.05, 4.69) is 20.9 Å². The Bertz CT molecular complexity index is 1710. The molecule has 0 saturated carbocycles. The lowest BCUT2D eigenvalue weighted by atomic mass is 10.1. The molecule has 0 spiro atoms. The van der Waals surface area contributed by atoms with E-state index < -0.39 is 11.8 Å². The summed E-state index contributed by atoms with van der Waals surface area (Å²) in [6.45, 7) is 1.83. The molecule has 1 atom stereocenters. The number of hydrogen-bond acceptors (Lipinski definition) is 4. The normalized spacial score (nSPS) is 12.0. The maximum Gasteiger partial charge on any atom is 0.272 e. The quantitative estimate of drug-likeness (QED) is 0.119. The van der Waals surface area contributed by atoms with E-state index >= 15 is 0 Å². The molecular weight excluding hydrogens is 532 g/mol. The molecule has 41 heavy (non-hydrogen) atoms. The van der Waals surface area contributed by atoms with E-state index in [-0.39, 0.29) is 16.9 Å². The smallest absolute Gasteiger partial charge is 0.272 e. The molecule has 5 aromatic rings. The molecule has 4 N–H and O–H groups in total. The van der Waals surface area contributed by atoms with Crippen LogP contribution in [0, 0.1) is 0 Å². The molecule has 204 valence electrons. The van der Waals surface area contributed by atoms with Crippen LogP contribution in [-0.4, -0.2) is 28.0 Å². The minimum atomic E-state index is -0.475. The van der Waals surface area contributed by atoms with E-state index in [1.807, 2.05) is 79.7 Å². The number of carbonyl (C=O) groups is 3. The van der Waals surface area contributed by atoms with Crippen LogP contribution >= 0.6 is 11.8 Å². The highest BCUT2D eigenvalue weighted by Crippen LogP contribution is 2.27. The summed E-state index contributed by atoms with van der Waals surface area (Å²) in [7, 11) is 0. The summed E-state index contributed by atoms with van der Waals surface area (Å²) in [5.41, 5.74) is 3.49. The Morgan fingerprint density at radius 3 is 2.24 bits per heavy atom. The van der Waals surface area contributed by atoms with Crippen LogP contribution < -0.4 is 16.0 Å². The largest absolute Gasteiger partial charge is 0.361 e. The van der Waals surface area contributed by atoms with Gasteiger partial charge in [0.2, 0.25) is 5.91 Å². The number of thioether (sulfide) groups is 1. The monoisotopic (exact) mass is 560 g/mol. The van der Waals surface area contributed by atoms with Gasteiger partial charge in [-0.1, -0.05) is 60.7 Å². The highest BCUT2D eigenvalue weighted by molar-refractivity contribution is 8.00. The van der Waals surface area contributed by atoms with Gasteiger partial charge in [-0.05, 0) is 61.5 Å². The van der Waals surface area contributed by atoms with Crippen molar-refractivity contribution >= 4 is 57.8 Å². The van der Waals surface area contributed by atoms with Crippen molar-refractivity contribution in [2.75, 3.05) is 10.6 Å². The number of aromatic amines is 1. The molecule has 0 fully saturated rings. The number of anilines is 2. The Balaban J connectivity index is 1.34. The van der Waals surface area contributed by atoms with Crippen molar-refractivity contribution in [3.8, 4) is 0 Å². The number of benzene rings is 4. The highest BCUT2D eigenvalue weighted by Gasteiger charge is 2.18. The van der Waals surface area contributed by atoms with Crippen molar-refractivity contribution < 1.29 is 14.4 Å². The maximum absolute atomic E-state index is 13.5. The van der Waals surface area contributed by atoms with Crippen molar-refractivity contribution in [2.45, 2.75) is 17.1 Å². The fraction of sp³-hybridized carbons (Fsp3) is 0.0606. The van der Waals surface area contributed by atoms with Gasteiger partial charge in [-0.2, -0.15) is 0 Å². The van der Waals surface area contributed by atoms with E-state index in [1.54, 1.807) is 48.7 Å². The summed E-state index contributed by atoms with van der Waals surface area (Å²) in [6.07, 6.45) is 3.45. The molecule has 0 aliphatic heterocycles. The van der Waals surface area contributed by atoms with Crippen LogP contribution in [0.3, 0.4) is 0 Å². The van der Waals surface area contributed by atoms with Crippen LogP contribution in [0.4, 0.5) is 11.4 Å². The van der Waals surface area contributed by atoms with Gasteiger partial charge in [0.25, 0.3) is 11.8 Å². The molecule has 1 heterocycles. The predicted octanol–water partition coefficient (Wildman–Crippen LogP) is 6.70. The second-order valence-electron chi connectivity index (χ2n) is 9.27. The van der Waals surface area contributed by atoms with Crippen LogP contribution in [0.5, 0.6) is 0 Å². The minimum Gasteiger partial charge on any atom is -0.361 e. The van der Waals surface area contributed by atoms with Gasteiger partial charge >= 0.3 is 0 Å². The van der Waals surface area contributed by atoms with E-state index in [0.29, 0.717) is 11.3 Å². The molecule has 7 nitrogen and oxygen atoms in total. The average Bonchev–Trinajstić information content (AvgIpc) is 3.40. The van der Waals surface area contributed by atoms with Crippen molar-refractivity contribution in [3.63, 3.8) is 0 Å². The fourth-order valence-corrected chi connectivity index (χ4v) is 5.11. The Morgan fingerprint density at radius 1 is 0.780 bits per heavy atom. The molecule has 0 radical (unpaired) electrons. The number of nitrogens with one attached hydrogen (secondary N) is 4. The van der Waals surface area contributed by atoms with Crippen LogP contribution in [-0.2, 0) is 9.59 Å². The summed E-state index contributed by atoms with van der Waals surface area (Å²) >= 11 is 1.38. The SMILES string of the molecule is CC(Sc1cccc(NC(=O)/C(=C/c2c[nH]c3ccccc23)NC(=O)c2ccccc2)c1)C(=O)Nc1ccccc1. The van der Waals surface area contributed by atoms with Crippen LogP contribution in [0.15, 0.2) is 126 Å². The molecule has 0 bridgehead atoms. The summed E-state index contributed by atoms with van der Waals surface area (Å²) in [5, 5.41) is 9.14. The lowest BCUT2D eigenvalue weighted by Gasteiger charge is -2.14. The summed E-state index contributed by atoms with van der Waals surface area (Å²) in [4.78, 5) is 43.2. The first-order valence-corrected chi connectivity index (χ1v) is 13.9. The first-order valence-electron chi connectivity index (χ1n) is 13.0. The van der Waals surface area contributed by atoms with Crippen LogP contribution in [0.2, 0.25) is 0 Å². The van der Waals surface area contributed by atoms with Crippen LogP contribution in [0.1, 0.15) is 22.8 Å². The molecule has 4 aromatic carbocycles. The molecular formula is C33H28N4O3S. The Hall–Kier alpha value is -5.08. The van der Waals surface area contributed by atoms with E-state index in [1.165, 1.54) is 11.8 Å². The van der Waals surface area contributed by atoms with Gasteiger partial charge in [0.05, 0.1) is 5.25 Å². The van der Waals surface area contributed by atoms with Crippen molar-refractivity contribution in [1.29, 1.82) is 0 Å². The van der Waals surface area contributed by atoms with Gasteiger partial charge in [0.1, 0.15) is 5.70 Å². The van der Waals surface area contributed by atoms with Gasteiger partial charge in [0, 0.05) is 44.5 Å². The number of para-hydroxylation sites is 2. The summed E-state index contributed by atoms with van der Waals surface area (Å²) < 4.78 is 0. The highest BCUT2D eigenvalue weighted by atomic mass is 32.2. The molecule has 1 unspecified atom stereocenters. The zero-order chi connectivity index (χ0) is 28.6. The van der Waals surface area contributed by atoms with Crippen molar-refractivity contribution in [1.82, 2.24) is 10.3 Å². The lowest BCUT2D eigenvalue weighted by Crippen LogP contribution is -2.30. The minimum absolute atomic E-state index is 0.0947. The maximum atomic E-state index is 13.5. The standard InChI is InChI=1S/C33H28N4O3S/c1-22(31(38)35-25-13-6-3-7-14-25)41-27-16-10-15-26(20-27)36-33(40)30(37-32(39)23-11-4-2-5-12-23)19-24-21-34-29-18-9-8-17-28(24)29/h2-22,34H,1H3,(H,35,38)(H,36,40)(H,37,39)/b30-19-. The summed E-state index contributed by atoms with van der Waals surface area (Å²) in [5.74, 6) is -0.991. The second kappa shape index (κ2) is 12.8. The fourth-order valence-electron chi connectivity index (χ4n) is 4.18. The number of rotatable bonds is 9. The average molecular weight is 561 g/mol. The molecule has 0 saturated heterocycles. The third-order valence-electron chi connectivity index (χ3n) is 6.27. The molecule has 0 aliphatic rings. The first kappa shape index (κ1) is 27.5. The number of H-pyrrole nitrogens is 1. The van der Waals surface area contributed by atoms with E-state index in [0.717, 1.165) is 27.0 Å². The number of carbonyl (C=O) groups excluding carboxylic acids is 3. The first-order chi connectivity index (χ1) is 20.0. The van der Waals surface area contributed by atoms with E-state index in [4.69, 9.17) is 0 Å². The third-order valence-corrected chi connectivity index (χ3v) is 7.36. The van der Waals surface area contributed by atoms with E-state index in [9.17, 15) is 14.4 Å². The van der Waals surface area contributed by atoms with Crippen molar-refractivity contribution in [2.24, 2.45) is 0 Å². The Labute approximate surface area is 242 Å². The zero-order valence-corrected chi connectivity index (χ0v) is 23.1. The third kappa shape index (κ3) is 7.12. The topological polar surface area (TPSA) is 103 Å². The van der Waals surface area contributed by atoms with Crippen LogP contribution in [0.25, 0.3) is 17.0 Å². The Kier molecular flexibility index (Phi) is 8.61. The van der Waals surface area contributed by atoms with Gasteiger partial charge in [0.15, 0.2) is 0 Å². The van der Waals surface area contributed by atoms with Gasteiger partial charge < -0.3 is 20.9 Å². The molecule has 5 rings (SSSR count). The molecule has 3 amide bonds. The predicted molar refractivity (Wildman–Crippen MR) is 166 cm³/mol. The van der Waals surface area contributed by atoms with Gasteiger partial charge in [-0.3, -0.25) is 14.4 Å². The molecule has 8 heteroatoms. The number of amides is 3. The lowest BCUT2D eigenvalue weighted by molar-refractivity contribution is -0.115. The van der Waals surface area contributed by atoms with Gasteiger partial charge in [-0.15, -0.1) is 11.8 Å². The summed E-state index contributed by atoms with van der Waals surface area (Å²) in [6, 6.07) is 33.0.